The van der Waals surface area contributed by atoms with E-state index in [0.29, 0.717) is 47.8 Å². The molecule has 0 aromatic heterocycles. The average molecular weight is 445 g/mol. The van der Waals surface area contributed by atoms with Gasteiger partial charge in [0.05, 0.1) is 28.2 Å². The Morgan fingerprint density at radius 1 is 1.11 bits per heavy atom. The number of nitrogens with zero attached hydrogens (tertiary/aromatic N) is 1. The Labute approximate surface area is 173 Å². The van der Waals surface area contributed by atoms with Crippen molar-refractivity contribution in [2.24, 2.45) is 0 Å². The highest BCUT2D eigenvalue weighted by molar-refractivity contribution is 7.89. The molecule has 2 aromatic rings. The van der Waals surface area contributed by atoms with Crippen LogP contribution in [0.3, 0.4) is 0 Å². The minimum Gasteiger partial charge on any atom is -0.484 e. The first-order chi connectivity index (χ1) is 13.4. The molecule has 7 nitrogen and oxygen atoms in total. The van der Waals surface area contributed by atoms with Crippen LogP contribution in [-0.2, 0) is 19.6 Å². The zero-order chi connectivity index (χ0) is 20.1. The molecular weight excluding hydrogens is 427 g/mol. The van der Waals surface area contributed by atoms with Gasteiger partial charge < -0.3 is 14.8 Å². The van der Waals surface area contributed by atoms with Crippen molar-refractivity contribution in [3.8, 4) is 5.75 Å². The van der Waals surface area contributed by atoms with Gasteiger partial charge in [0.25, 0.3) is 5.91 Å². The van der Waals surface area contributed by atoms with E-state index in [0.717, 1.165) is 0 Å². The van der Waals surface area contributed by atoms with Crippen molar-refractivity contribution in [2.75, 3.05) is 38.2 Å². The van der Waals surface area contributed by atoms with E-state index < -0.39 is 15.9 Å². The molecule has 0 unspecified atom stereocenters. The molecule has 1 saturated heterocycles. The number of amides is 1. The summed E-state index contributed by atoms with van der Waals surface area (Å²) in [6.45, 7) is 1.06. The number of carbonyl (C=O) groups excluding carboxylic acids is 1. The highest BCUT2D eigenvalue weighted by atomic mass is 35.5. The number of nitrogens with one attached hydrogen (secondary N) is 1. The molecule has 10 heteroatoms. The quantitative estimate of drug-likeness (QED) is 0.739. The van der Waals surface area contributed by atoms with Crippen molar-refractivity contribution in [2.45, 2.75) is 4.90 Å². The Bertz CT molecular complexity index is 962. The molecule has 0 aliphatic carbocycles. The maximum atomic E-state index is 12.7. The summed E-state index contributed by atoms with van der Waals surface area (Å²) >= 11 is 11.7. The Hall–Kier alpha value is -1.84. The molecule has 0 spiro atoms. The average Bonchev–Trinajstić information content (AvgIpc) is 2.70. The SMILES string of the molecule is O=C(COc1ccc(Cl)c(Cl)c1)Nc1cccc(S(=O)(=O)N2CCOCC2)c1. The summed E-state index contributed by atoms with van der Waals surface area (Å²) in [5, 5.41) is 3.33. The predicted octanol–water partition coefficient (Wildman–Crippen LogP) is 3.03. The van der Waals surface area contributed by atoms with Crippen LogP contribution in [0, 0.1) is 0 Å². The van der Waals surface area contributed by atoms with Crippen molar-refractivity contribution < 1.29 is 22.7 Å². The smallest absolute Gasteiger partial charge is 0.262 e. The summed E-state index contributed by atoms with van der Waals surface area (Å²) in [6, 6.07) is 10.8. The van der Waals surface area contributed by atoms with Crippen LogP contribution >= 0.6 is 23.2 Å². The number of rotatable bonds is 6. The molecule has 1 heterocycles. The highest BCUT2D eigenvalue weighted by Crippen LogP contribution is 2.26. The first-order valence-electron chi connectivity index (χ1n) is 8.42. The fraction of sp³-hybridized carbons (Fsp3) is 0.278. The second-order valence-corrected chi connectivity index (χ2v) is 8.71. The van der Waals surface area contributed by atoms with Gasteiger partial charge in [-0.05, 0) is 30.3 Å². The molecule has 3 rings (SSSR count). The number of halogens is 2. The molecule has 1 aliphatic rings. The zero-order valence-corrected chi connectivity index (χ0v) is 17.1. The molecule has 0 radical (unpaired) electrons. The molecule has 0 bridgehead atoms. The maximum Gasteiger partial charge on any atom is 0.262 e. The van der Waals surface area contributed by atoms with Gasteiger partial charge in [-0.2, -0.15) is 4.31 Å². The minimum absolute atomic E-state index is 0.109. The largest absolute Gasteiger partial charge is 0.484 e. The second-order valence-electron chi connectivity index (χ2n) is 5.96. The number of anilines is 1. The summed E-state index contributed by atoms with van der Waals surface area (Å²) in [6.07, 6.45) is 0. The van der Waals surface area contributed by atoms with Gasteiger partial charge in [-0.1, -0.05) is 29.3 Å². The van der Waals surface area contributed by atoms with Crippen molar-refractivity contribution in [1.29, 1.82) is 0 Å². The lowest BCUT2D eigenvalue weighted by Gasteiger charge is -2.26. The normalized spacial score (nSPS) is 15.2. The van der Waals surface area contributed by atoms with Gasteiger partial charge in [-0.3, -0.25) is 4.79 Å². The second kappa shape index (κ2) is 9.11. The van der Waals surface area contributed by atoms with Crippen LogP contribution in [0.5, 0.6) is 5.75 Å². The van der Waals surface area contributed by atoms with Crippen LogP contribution in [0.25, 0.3) is 0 Å². The monoisotopic (exact) mass is 444 g/mol. The molecule has 0 saturated carbocycles. The Morgan fingerprint density at radius 2 is 1.86 bits per heavy atom. The number of hydrogen-bond acceptors (Lipinski definition) is 5. The van der Waals surface area contributed by atoms with Crippen LogP contribution in [0.15, 0.2) is 47.4 Å². The predicted molar refractivity (Wildman–Crippen MR) is 107 cm³/mol. The molecule has 150 valence electrons. The highest BCUT2D eigenvalue weighted by Gasteiger charge is 2.26. The lowest BCUT2D eigenvalue weighted by atomic mass is 10.3. The van der Waals surface area contributed by atoms with Gasteiger partial charge in [0.15, 0.2) is 6.61 Å². The summed E-state index contributed by atoms with van der Waals surface area (Å²) in [4.78, 5) is 12.2. The van der Waals surface area contributed by atoms with Crippen LogP contribution in [0.1, 0.15) is 0 Å². The third kappa shape index (κ3) is 5.15. The van der Waals surface area contributed by atoms with Crippen molar-refractivity contribution >= 4 is 44.8 Å². The van der Waals surface area contributed by atoms with Crippen molar-refractivity contribution in [3.05, 3.63) is 52.5 Å². The molecule has 1 amide bonds. The van der Waals surface area contributed by atoms with E-state index in [9.17, 15) is 13.2 Å². The zero-order valence-electron chi connectivity index (χ0n) is 14.7. The van der Waals surface area contributed by atoms with Gasteiger partial charge in [-0.25, -0.2) is 8.42 Å². The van der Waals surface area contributed by atoms with Gasteiger partial charge in [-0.15, -0.1) is 0 Å². The molecule has 0 atom stereocenters. The summed E-state index contributed by atoms with van der Waals surface area (Å²) in [7, 11) is -3.64. The first-order valence-corrected chi connectivity index (χ1v) is 10.6. The van der Waals surface area contributed by atoms with Crippen LogP contribution < -0.4 is 10.1 Å². The van der Waals surface area contributed by atoms with Crippen LogP contribution in [-0.4, -0.2) is 51.5 Å². The van der Waals surface area contributed by atoms with E-state index in [-0.39, 0.29) is 11.5 Å². The third-order valence-electron chi connectivity index (χ3n) is 3.99. The van der Waals surface area contributed by atoms with Crippen molar-refractivity contribution in [1.82, 2.24) is 4.31 Å². The summed E-state index contributed by atoms with van der Waals surface area (Å²) < 4.78 is 37.3. The Kier molecular flexibility index (Phi) is 6.79. The number of hydrogen-bond donors (Lipinski definition) is 1. The fourth-order valence-corrected chi connectivity index (χ4v) is 4.33. The molecule has 1 aliphatic heterocycles. The number of carbonyl (C=O) groups is 1. The van der Waals surface area contributed by atoms with Gasteiger partial charge in [0, 0.05) is 24.8 Å². The topological polar surface area (TPSA) is 84.9 Å². The van der Waals surface area contributed by atoms with E-state index in [4.69, 9.17) is 32.7 Å². The lowest BCUT2D eigenvalue weighted by Crippen LogP contribution is -2.40. The van der Waals surface area contributed by atoms with E-state index in [2.05, 4.69) is 5.32 Å². The first kappa shape index (κ1) is 20.9. The Balaban J connectivity index is 1.63. The fourth-order valence-electron chi connectivity index (χ4n) is 2.58. The van der Waals surface area contributed by atoms with E-state index in [1.165, 1.54) is 22.5 Å². The van der Waals surface area contributed by atoms with Crippen LogP contribution in [0.4, 0.5) is 5.69 Å². The van der Waals surface area contributed by atoms with Crippen LogP contribution in [0.2, 0.25) is 10.0 Å². The van der Waals surface area contributed by atoms with E-state index >= 15 is 0 Å². The number of morpholine rings is 1. The van der Waals surface area contributed by atoms with E-state index in [1.54, 1.807) is 24.3 Å². The summed E-state index contributed by atoms with van der Waals surface area (Å²) in [5.41, 5.74) is 0.358. The summed E-state index contributed by atoms with van der Waals surface area (Å²) in [5.74, 6) is -0.0415. The van der Waals surface area contributed by atoms with Gasteiger partial charge in [0.2, 0.25) is 10.0 Å². The number of sulfonamides is 1. The standard InChI is InChI=1S/C18H18Cl2N2O5S/c19-16-5-4-14(11-17(16)20)27-12-18(23)21-13-2-1-3-15(10-13)28(24,25)22-6-8-26-9-7-22/h1-5,10-11H,6-9,12H2,(H,21,23). The molecule has 28 heavy (non-hydrogen) atoms. The molecule has 1 N–H and O–H groups in total. The Morgan fingerprint density at radius 3 is 2.57 bits per heavy atom. The number of benzene rings is 2. The molecule has 2 aromatic carbocycles. The van der Waals surface area contributed by atoms with Gasteiger partial charge in [0.1, 0.15) is 5.75 Å². The minimum atomic E-state index is -3.64. The van der Waals surface area contributed by atoms with Crippen molar-refractivity contribution in [3.63, 3.8) is 0 Å². The third-order valence-corrected chi connectivity index (χ3v) is 6.62. The molecular formula is C18H18Cl2N2O5S. The lowest BCUT2D eigenvalue weighted by molar-refractivity contribution is -0.118. The molecule has 1 fully saturated rings. The maximum absolute atomic E-state index is 12.7. The van der Waals surface area contributed by atoms with Gasteiger partial charge >= 0.3 is 0 Å². The number of ether oxygens (including phenoxy) is 2. The van der Waals surface area contributed by atoms with E-state index in [1.807, 2.05) is 0 Å².